The Balaban J connectivity index is 1.81. The number of sulfonamides is 1. The molecule has 0 aliphatic rings. The van der Waals surface area contributed by atoms with Crippen LogP contribution in [0.3, 0.4) is 0 Å². The number of anilines is 1. The number of hydrogen-bond acceptors (Lipinski definition) is 4. The molecule has 1 amide bonds. The fourth-order valence-electron chi connectivity index (χ4n) is 3.63. The quantitative estimate of drug-likeness (QED) is 0.571. The Labute approximate surface area is 184 Å². The van der Waals surface area contributed by atoms with Crippen molar-refractivity contribution < 1.29 is 13.2 Å². The number of nitrogens with zero attached hydrogens (tertiary/aromatic N) is 3. The lowest BCUT2D eigenvalue weighted by atomic mass is 10.0. The fourth-order valence-corrected chi connectivity index (χ4v) is 4.55. The van der Waals surface area contributed by atoms with Gasteiger partial charge in [-0.1, -0.05) is 32.0 Å². The first-order chi connectivity index (χ1) is 14.6. The van der Waals surface area contributed by atoms with Crippen LogP contribution >= 0.6 is 0 Å². The Morgan fingerprint density at radius 2 is 1.87 bits per heavy atom. The van der Waals surface area contributed by atoms with Crippen molar-refractivity contribution in [2.24, 2.45) is 0 Å². The highest BCUT2D eigenvalue weighted by Crippen LogP contribution is 2.25. The summed E-state index contributed by atoms with van der Waals surface area (Å²) in [7, 11) is -0.519. The van der Waals surface area contributed by atoms with Crippen molar-refractivity contribution in [2.45, 2.75) is 51.0 Å². The third-order valence-corrected chi connectivity index (χ3v) is 7.14. The van der Waals surface area contributed by atoms with Crippen LogP contribution in [0, 0.1) is 0 Å². The van der Waals surface area contributed by atoms with E-state index >= 15 is 0 Å². The van der Waals surface area contributed by atoms with Gasteiger partial charge in [0, 0.05) is 39.2 Å². The second-order valence-corrected chi connectivity index (χ2v) is 10.2. The van der Waals surface area contributed by atoms with Crippen LogP contribution in [-0.2, 0) is 27.8 Å². The van der Waals surface area contributed by atoms with Crippen molar-refractivity contribution in [3.05, 3.63) is 53.9 Å². The van der Waals surface area contributed by atoms with Gasteiger partial charge in [0.25, 0.3) is 0 Å². The smallest absolute Gasteiger partial charge is 0.242 e. The zero-order valence-corrected chi connectivity index (χ0v) is 19.5. The van der Waals surface area contributed by atoms with Crippen LogP contribution in [0.5, 0.6) is 0 Å². The molecule has 2 aromatic carbocycles. The average Bonchev–Trinajstić information content (AvgIpc) is 3.09. The number of benzene rings is 2. The van der Waals surface area contributed by atoms with Gasteiger partial charge >= 0.3 is 0 Å². The van der Waals surface area contributed by atoms with Crippen LogP contribution in [0.15, 0.2) is 47.4 Å². The molecule has 0 radical (unpaired) electrons. The van der Waals surface area contributed by atoms with E-state index in [9.17, 15) is 13.2 Å². The number of hydrogen-bond donors (Lipinski definition) is 1. The molecule has 1 heterocycles. The van der Waals surface area contributed by atoms with E-state index in [4.69, 9.17) is 0 Å². The third kappa shape index (κ3) is 4.80. The minimum Gasteiger partial charge on any atom is -0.328 e. The number of para-hydroxylation sites is 1. The Bertz CT molecular complexity index is 1200. The number of rotatable bonds is 8. The highest BCUT2D eigenvalue weighted by Gasteiger charge is 2.20. The SMILES string of the molecule is CCn1c(CCC(=O)Nc2ccccc2C(C)C)nc2cc(S(=O)(=O)N(C)C)ccc21. The van der Waals surface area contributed by atoms with Gasteiger partial charge in [-0.2, -0.15) is 0 Å². The van der Waals surface area contributed by atoms with Crippen LogP contribution in [0.25, 0.3) is 11.0 Å². The molecular formula is C23H30N4O3S. The largest absolute Gasteiger partial charge is 0.328 e. The standard InChI is InChI=1S/C23H30N4O3S/c1-6-27-21-12-11-17(31(29,30)26(4)5)15-20(21)24-22(27)13-14-23(28)25-19-10-8-7-9-18(19)16(2)3/h7-12,15-16H,6,13-14H2,1-5H3,(H,25,28). The Hall–Kier alpha value is -2.71. The number of nitrogens with one attached hydrogen (secondary N) is 1. The maximum atomic E-state index is 12.6. The highest BCUT2D eigenvalue weighted by atomic mass is 32.2. The fraction of sp³-hybridized carbons (Fsp3) is 0.391. The molecule has 0 atom stereocenters. The number of carbonyl (C=O) groups excluding carboxylic acids is 1. The molecule has 0 saturated heterocycles. The molecule has 0 fully saturated rings. The maximum Gasteiger partial charge on any atom is 0.242 e. The summed E-state index contributed by atoms with van der Waals surface area (Å²) in [5, 5.41) is 3.01. The number of carbonyl (C=O) groups is 1. The molecule has 0 spiro atoms. The van der Waals surface area contributed by atoms with E-state index in [-0.39, 0.29) is 10.8 Å². The second-order valence-electron chi connectivity index (χ2n) is 8.00. The van der Waals surface area contributed by atoms with Gasteiger partial charge in [-0.05, 0) is 42.7 Å². The molecule has 7 nitrogen and oxygen atoms in total. The first kappa shape index (κ1) is 23.0. The van der Waals surface area contributed by atoms with Gasteiger partial charge in [0.2, 0.25) is 15.9 Å². The van der Waals surface area contributed by atoms with Crippen LogP contribution in [0.1, 0.15) is 44.5 Å². The van der Waals surface area contributed by atoms with Gasteiger partial charge in [-0.15, -0.1) is 0 Å². The minimum absolute atomic E-state index is 0.0707. The number of amides is 1. The summed E-state index contributed by atoms with van der Waals surface area (Å²) in [5.74, 6) is 1.01. The molecule has 31 heavy (non-hydrogen) atoms. The van der Waals surface area contributed by atoms with Crippen molar-refractivity contribution in [3.8, 4) is 0 Å². The lowest BCUT2D eigenvalue weighted by Crippen LogP contribution is -2.22. The summed E-state index contributed by atoms with van der Waals surface area (Å²) in [6.45, 7) is 6.89. The molecule has 0 saturated carbocycles. The van der Waals surface area contributed by atoms with Crippen molar-refractivity contribution in [3.63, 3.8) is 0 Å². The van der Waals surface area contributed by atoms with Crippen molar-refractivity contribution >= 4 is 32.7 Å². The van der Waals surface area contributed by atoms with E-state index in [1.807, 2.05) is 35.8 Å². The van der Waals surface area contributed by atoms with Crippen molar-refractivity contribution in [1.29, 1.82) is 0 Å². The normalized spacial score (nSPS) is 12.1. The van der Waals surface area contributed by atoms with Crippen LogP contribution in [0.4, 0.5) is 5.69 Å². The number of aryl methyl sites for hydroxylation is 2. The minimum atomic E-state index is -3.53. The molecule has 166 valence electrons. The molecule has 1 aromatic heterocycles. The van der Waals surface area contributed by atoms with Gasteiger partial charge < -0.3 is 9.88 Å². The van der Waals surface area contributed by atoms with Gasteiger partial charge in [-0.3, -0.25) is 4.79 Å². The van der Waals surface area contributed by atoms with Gasteiger partial charge in [0.05, 0.1) is 15.9 Å². The van der Waals surface area contributed by atoms with Gasteiger partial charge in [-0.25, -0.2) is 17.7 Å². The number of aromatic nitrogens is 2. The maximum absolute atomic E-state index is 12.6. The predicted molar refractivity (Wildman–Crippen MR) is 124 cm³/mol. The molecule has 0 unspecified atom stereocenters. The predicted octanol–water partition coefficient (Wildman–Crippen LogP) is 4.00. The van der Waals surface area contributed by atoms with Gasteiger partial charge in [0.15, 0.2) is 0 Å². The van der Waals surface area contributed by atoms with Crippen LogP contribution in [-0.4, -0.2) is 42.3 Å². The molecule has 8 heteroatoms. The molecule has 0 aliphatic heterocycles. The summed E-state index contributed by atoms with van der Waals surface area (Å²) in [4.78, 5) is 17.5. The van der Waals surface area contributed by atoms with E-state index in [0.29, 0.717) is 30.8 Å². The van der Waals surface area contributed by atoms with E-state index in [0.717, 1.165) is 22.6 Å². The zero-order chi connectivity index (χ0) is 22.8. The first-order valence-electron chi connectivity index (χ1n) is 10.5. The molecule has 1 N–H and O–H groups in total. The number of imidazole rings is 1. The van der Waals surface area contributed by atoms with Crippen molar-refractivity contribution in [2.75, 3.05) is 19.4 Å². The topological polar surface area (TPSA) is 84.3 Å². The Morgan fingerprint density at radius 3 is 2.52 bits per heavy atom. The molecule has 3 rings (SSSR count). The van der Waals surface area contributed by atoms with Gasteiger partial charge in [0.1, 0.15) is 5.82 Å². The van der Waals surface area contributed by atoms with Crippen molar-refractivity contribution in [1.82, 2.24) is 13.9 Å². The summed E-state index contributed by atoms with van der Waals surface area (Å²) in [6, 6.07) is 12.8. The summed E-state index contributed by atoms with van der Waals surface area (Å²) >= 11 is 0. The third-order valence-electron chi connectivity index (χ3n) is 5.33. The Morgan fingerprint density at radius 1 is 1.16 bits per heavy atom. The summed E-state index contributed by atoms with van der Waals surface area (Å²) in [5.41, 5.74) is 3.42. The average molecular weight is 443 g/mol. The molecular weight excluding hydrogens is 412 g/mol. The number of fused-ring (bicyclic) bond motifs is 1. The summed E-state index contributed by atoms with van der Waals surface area (Å²) in [6.07, 6.45) is 0.757. The molecule has 3 aromatic rings. The monoisotopic (exact) mass is 442 g/mol. The van der Waals surface area contributed by atoms with E-state index in [1.54, 1.807) is 18.2 Å². The molecule has 0 bridgehead atoms. The lowest BCUT2D eigenvalue weighted by molar-refractivity contribution is -0.116. The Kier molecular flexibility index (Phi) is 6.81. The van der Waals surface area contributed by atoms with E-state index in [1.165, 1.54) is 18.4 Å². The molecule has 0 aliphatic carbocycles. The zero-order valence-electron chi connectivity index (χ0n) is 18.7. The van der Waals surface area contributed by atoms with E-state index in [2.05, 4.69) is 24.1 Å². The second kappa shape index (κ2) is 9.20. The van der Waals surface area contributed by atoms with E-state index < -0.39 is 10.0 Å². The van der Waals surface area contributed by atoms with Crippen LogP contribution < -0.4 is 5.32 Å². The lowest BCUT2D eigenvalue weighted by Gasteiger charge is -2.13. The summed E-state index contributed by atoms with van der Waals surface area (Å²) < 4.78 is 28.1. The van der Waals surface area contributed by atoms with Crippen LogP contribution in [0.2, 0.25) is 0 Å². The highest BCUT2D eigenvalue weighted by molar-refractivity contribution is 7.89. The first-order valence-corrected chi connectivity index (χ1v) is 11.9.